The van der Waals surface area contributed by atoms with Gasteiger partial charge in [0.1, 0.15) is 19.6 Å². The highest BCUT2D eigenvalue weighted by molar-refractivity contribution is 6.83. The van der Waals surface area contributed by atoms with Crippen molar-refractivity contribution in [1.29, 1.82) is 0 Å². The van der Waals surface area contributed by atoms with Gasteiger partial charge in [-0.2, -0.15) is 13.2 Å². The van der Waals surface area contributed by atoms with Crippen LogP contribution in [0.5, 0.6) is 0 Å². The molecule has 0 spiro atoms. The second-order valence-electron chi connectivity index (χ2n) is 7.44. The summed E-state index contributed by atoms with van der Waals surface area (Å²) in [6.07, 6.45) is -4.90. The first-order chi connectivity index (χ1) is 13.3. The molecule has 0 unspecified atom stereocenters. The van der Waals surface area contributed by atoms with Crippen molar-refractivity contribution in [1.82, 2.24) is 9.13 Å². The summed E-state index contributed by atoms with van der Waals surface area (Å²) in [4.78, 5) is 24.7. The standard InChI is InChI=1S/C19H20F4N2O3Si/c1-24-16(19(21,22)23)10-17(26)25(18(24)27)15-9-13(11-28-2)12(8-14(15)20)6-7-29(3,4)5/h8-10H,11H2,1-5H3. The van der Waals surface area contributed by atoms with Gasteiger partial charge in [0.2, 0.25) is 0 Å². The highest BCUT2D eigenvalue weighted by atomic mass is 28.3. The van der Waals surface area contributed by atoms with Gasteiger partial charge in [-0.05, 0) is 17.7 Å². The summed E-state index contributed by atoms with van der Waals surface area (Å²) in [5, 5.41) is 0. The molecule has 0 aliphatic carbocycles. The number of ether oxygens (including phenoxy) is 1. The average Bonchev–Trinajstić information content (AvgIpc) is 2.57. The van der Waals surface area contributed by atoms with Gasteiger partial charge in [0.25, 0.3) is 5.56 Å². The molecule has 1 aromatic heterocycles. The number of nitrogens with zero attached hydrogens (tertiary/aromatic N) is 2. The molecule has 10 heteroatoms. The molecule has 0 bridgehead atoms. The van der Waals surface area contributed by atoms with E-state index in [1.54, 1.807) is 0 Å². The number of alkyl halides is 3. The third-order valence-electron chi connectivity index (χ3n) is 3.90. The summed E-state index contributed by atoms with van der Waals surface area (Å²) < 4.78 is 59.5. The molecule has 0 saturated heterocycles. The Hall–Kier alpha value is -2.64. The van der Waals surface area contributed by atoms with Gasteiger partial charge < -0.3 is 4.74 Å². The van der Waals surface area contributed by atoms with E-state index in [0.29, 0.717) is 15.7 Å². The van der Waals surface area contributed by atoms with Crippen LogP contribution < -0.4 is 11.2 Å². The SMILES string of the molecule is COCc1cc(-n2c(=O)cc(C(F)(F)F)n(C)c2=O)c(F)cc1C#C[Si](C)(C)C. The molecule has 156 valence electrons. The van der Waals surface area contributed by atoms with Gasteiger partial charge in [0.15, 0.2) is 0 Å². The van der Waals surface area contributed by atoms with Crippen LogP contribution in [0.2, 0.25) is 19.6 Å². The normalized spacial score (nSPS) is 11.9. The van der Waals surface area contributed by atoms with Gasteiger partial charge in [-0.25, -0.2) is 13.8 Å². The number of hydrogen-bond donors (Lipinski definition) is 0. The maximum absolute atomic E-state index is 14.8. The zero-order valence-electron chi connectivity index (χ0n) is 16.6. The molecule has 5 nitrogen and oxygen atoms in total. The lowest BCUT2D eigenvalue weighted by molar-refractivity contribution is -0.144. The van der Waals surface area contributed by atoms with Crippen molar-refractivity contribution in [2.75, 3.05) is 7.11 Å². The molecule has 0 saturated carbocycles. The molecule has 2 aromatic rings. The van der Waals surface area contributed by atoms with E-state index in [0.717, 1.165) is 13.1 Å². The van der Waals surface area contributed by atoms with E-state index in [1.807, 2.05) is 19.6 Å². The Morgan fingerprint density at radius 2 is 1.76 bits per heavy atom. The Morgan fingerprint density at radius 1 is 1.14 bits per heavy atom. The fourth-order valence-corrected chi connectivity index (χ4v) is 3.05. The molecule has 0 amide bonds. The van der Waals surface area contributed by atoms with Crippen molar-refractivity contribution >= 4 is 8.07 Å². The first-order valence-electron chi connectivity index (χ1n) is 8.51. The molecule has 29 heavy (non-hydrogen) atoms. The zero-order valence-corrected chi connectivity index (χ0v) is 17.6. The van der Waals surface area contributed by atoms with Crippen molar-refractivity contribution < 1.29 is 22.3 Å². The van der Waals surface area contributed by atoms with Crippen LogP contribution >= 0.6 is 0 Å². The number of methoxy groups -OCH3 is 1. The highest BCUT2D eigenvalue weighted by Crippen LogP contribution is 2.27. The fourth-order valence-electron chi connectivity index (χ4n) is 2.54. The maximum Gasteiger partial charge on any atom is 0.431 e. The van der Waals surface area contributed by atoms with Crippen molar-refractivity contribution in [2.24, 2.45) is 7.05 Å². The first-order valence-corrected chi connectivity index (χ1v) is 12.0. The van der Waals surface area contributed by atoms with Crippen LogP contribution in [-0.2, 0) is 24.6 Å². The van der Waals surface area contributed by atoms with Gasteiger partial charge >= 0.3 is 11.9 Å². The van der Waals surface area contributed by atoms with E-state index in [-0.39, 0.29) is 17.2 Å². The predicted molar refractivity (Wildman–Crippen MR) is 103 cm³/mol. The van der Waals surface area contributed by atoms with E-state index in [4.69, 9.17) is 4.74 Å². The first kappa shape index (κ1) is 22.6. The van der Waals surface area contributed by atoms with Crippen LogP contribution in [0.15, 0.2) is 27.8 Å². The van der Waals surface area contributed by atoms with E-state index in [2.05, 4.69) is 11.5 Å². The number of hydrogen-bond acceptors (Lipinski definition) is 3. The Balaban J connectivity index is 2.78. The monoisotopic (exact) mass is 428 g/mol. The summed E-state index contributed by atoms with van der Waals surface area (Å²) in [6.45, 7) is 6.03. The van der Waals surface area contributed by atoms with Gasteiger partial charge in [-0.3, -0.25) is 9.36 Å². The Morgan fingerprint density at radius 3 is 2.28 bits per heavy atom. The summed E-state index contributed by atoms with van der Waals surface area (Å²) >= 11 is 0. The fraction of sp³-hybridized carbons (Fsp3) is 0.368. The zero-order chi connectivity index (χ0) is 22.1. The van der Waals surface area contributed by atoms with Crippen LogP contribution in [0.3, 0.4) is 0 Å². The summed E-state index contributed by atoms with van der Waals surface area (Å²) in [5.74, 6) is 1.94. The van der Waals surface area contributed by atoms with Crippen LogP contribution in [-0.4, -0.2) is 24.3 Å². The molecule has 0 fully saturated rings. The van der Waals surface area contributed by atoms with E-state index < -0.39 is 42.7 Å². The van der Waals surface area contributed by atoms with Gasteiger partial charge in [0.05, 0.1) is 12.3 Å². The van der Waals surface area contributed by atoms with Gasteiger partial charge in [0, 0.05) is 25.8 Å². The van der Waals surface area contributed by atoms with Crippen LogP contribution in [0, 0.1) is 17.3 Å². The second kappa shape index (κ2) is 8.00. The Labute approximate surface area is 165 Å². The highest BCUT2D eigenvalue weighted by Gasteiger charge is 2.35. The molecule has 0 aliphatic rings. The number of halogens is 4. The van der Waals surface area contributed by atoms with Crippen molar-refractivity contribution in [3.63, 3.8) is 0 Å². The lowest BCUT2D eigenvalue weighted by atomic mass is 10.1. The smallest absolute Gasteiger partial charge is 0.380 e. The maximum atomic E-state index is 14.8. The predicted octanol–water partition coefficient (Wildman–Crippen LogP) is 3.07. The van der Waals surface area contributed by atoms with Crippen molar-refractivity contribution in [2.45, 2.75) is 32.4 Å². The topological polar surface area (TPSA) is 53.2 Å². The Bertz CT molecular complexity index is 1120. The third-order valence-corrected chi connectivity index (χ3v) is 4.77. The molecule has 1 aromatic carbocycles. The quantitative estimate of drug-likeness (QED) is 0.429. The minimum Gasteiger partial charge on any atom is -0.380 e. The minimum atomic E-state index is -4.90. The van der Waals surface area contributed by atoms with Crippen LogP contribution in [0.4, 0.5) is 17.6 Å². The second-order valence-corrected chi connectivity index (χ2v) is 12.2. The molecular weight excluding hydrogens is 408 g/mol. The largest absolute Gasteiger partial charge is 0.431 e. The van der Waals surface area contributed by atoms with Crippen LogP contribution in [0.25, 0.3) is 5.69 Å². The van der Waals surface area contributed by atoms with Gasteiger partial charge in [-0.15, -0.1) is 5.54 Å². The minimum absolute atomic E-state index is 0.0126. The number of benzene rings is 1. The molecule has 0 aliphatic heterocycles. The molecule has 1 heterocycles. The lowest BCUT2D eigenvalue weighted by Gasteiger charge is -2.15. The van der Waals surface area contributed by atoms with E-state index in [9.17, 15) is 27.2 Å². The van der Waals surface area contributed by atoms with E-state index >= 15 is 0 Å². The Kier molecular flexibility index (Phi) is 6.25. The summed E-state index contributed by atoms with van der Waals surface area (Å²) in [7, 11) is 0.499. The molecule has 0 atom stereocenters. The summed E-state index contributed by atoms with van der Waals surface area (Å²) in [5.41, 5.74) is -0.662. The van der Waals surface area contributed by atoms with E-state index in [1.165, 1.54) is 13.2 Å². The lowest BCUT2D eigenvalue weighted by Crippen LogP contribution is -2.41. The summed E-state index contributed by atoms with van der Waals surface area (Å²) in [6, 6.07) is 2.51. The van der Waals surface area contributed by atoms with Crippen LogP contribution in [0.1, 0.15) is 16.8 Å². The van der Waals surface area contributed by atoms with Crippen molar-refractivity contribution in [3.8, 4) is 17.2 Å². The molecule has 0 radical (unpaired) electrons. The average molecular weight is 428 g/mol. The molecular formula is C19H20F4N2O3Si. The number of aromatic nitrogens is 2. The molecule has 2 rings (SSSR count). The number of rotatable bonds is 3. The van der Waals surface area contributed by atoms with Gasteiger partial charge in [-0.1, -0.05) is 25.6 Å². The molecule has 0 N–H and O–H groups in total. The third kappa shape index (κ3) is 5.05. The van der Waals surface area contributed by atoms with Crippen molar-refractivity contribution in [3.05, 3.63) is 61.7 Å².